The van der Waals surface area contributed by atoms with Crippen molar-refractivity contribution in [2.24, 2.45) is 0 Å². The molecule has 0 aliphatic carbocycles. The van der Waals surface area contributed by atoms with Gasteiger partial charge in [0.1, 0.15) is 11.7 Å². The standard InChI is InChI=1S/C35H38N4O7S/c1-22-11-9-12-23(2)31(22)28-20-30(37-33(36-28)38-47(43,44)27-16-10-15-25(19-27)32(40)41)45-26-17-18-29(24-13-7-6-8-14-24)39(21-26)34(42)46-35(3,4)5/h6-16,19-20,26,29H,17-18,21H2,1-5H3,(H,40,41)(H,36,37,38). The summed E-state index contributed by atoms with van der Waals surface area (Å²) in [4.78, 5) is 35.3. The van der Waals surface area contributed by atoms with Crippen LogP contribution in [-0.2, 0) is 14.8 Å². The third-order valence-corrected chi connectivity index (χ3v) is 9.02. The van der Waals surface area contributed by atoms with Crippen LogP contribution in [0.1, 0.15) is 66.7 Å². The molecule has 1 aliphatic heterocycles. The first kappa shape index (κ1) is 33.4. The summed E-state index contributed by atoms with van der Waals surface area (Å²) in [7, 11) is -4.28. The van der Waals surface area contributed by atoms with Gasteiger partial charge in [0.15, 0.2) is 0 Å². The van der Waals surface area contributed by atoms with Crippen LogP contribution in [-0.4, -0.2) is 58.7 Å². The van der Waals surface area contributed by atoms with Crippen molar-refractivity contribution in [3.8, 4) is 17.1 Å². The van der Waals surface area contributed by atoms with E-state index in [0.717, 1.165) is 28.3 Å². The average Bonchev–Trinajstić information content (AvgIpc) is 3.00. The number of likely N-dealkylation sites (tertiary alicyclic amines) is 1. The lowest BCUT2D eigenvalue weighted by molar-refractivity contribution is -0.00939. The first-order valence-corrected chi connectivity index (χ1v) is 16.7. The molecule has 11 nitrogen and oxygen atoms in total. The van der Waals surface area contributed by atoms with E-state index in [2.05, 4.69) is 14.7 Å². The zero-order valence-electron chi connectivity index (χ0n) is 26.9. The summed E-state index contributed by atoms with van der Waals surface area (Å²) in [6.07, 6.45) is 0.239. The van der Waals surface area contributed by atoms with Crippen molar-refractivity contribution in [1.29, 1.82) is 0 Å². The molecule has 5 rings (SSSR count). The van der Waals surface area contributed by atoms with Crippen LogP contribution in [0.2, 0.25) is 0 Å². The molecule has 47 heavy (non-hydrogen) atoms. The van der Waals surface area contributed by atoms with Gasteiger partial charge in [-0.05, 0) is 82.3 Å². The number of nitrogens with one attached hydrogen (secondary N) is 1. The maximum absolute atomic E-state index is 13.4. The van der Waals surface area contributed by atoms with E-state index in [-0.39, 0.29) is 34.9 Å². The summed E-state index contributed by atoms with van der Waals surface area (Å²) < 4.78 is 41.3. The Hall–Kier alpha value is -4.97. The highest BCUT2D eigenvalue weighted by Gasteiger charge is 2.36. The van der Waals surface area contributed by atoms with Crippen molar-refractivity contribution < 1.29 is 32.6 Å². The summed E-state index contributed by atoms with van der Waals surface area (Å²) in [6, 6.07) is 22.0. The molecule has 2 heterocycles. The largest absolute Gasteiger partial charge is 0.478 e. The second-order valence-corrected chi connectivity index (χ2v) is 14.2. The molecule has 246 valence electrons. The molecule has 4 aromatic rings. The molecule has 1 aliphatic rings. The van der Waals surface area contributed by atoms with Gasteiger partial charge in [-0.25, -0.2) is 27.7 Å². The molecule has 0 bridgehead atoms. The predicted molar refractivity (Wildman–Crippen MR) is 177 cm³/mol. The molecule has 1 saturated heterocycles. The molecule has 0 spiro atoms. The van der Waals surface area contributed by atoms with Crippen molar-refractivity contribution in [3.63, 3.8) is 0 Å². The minimum Gasteiger partial charge on any atom is -0.478 e. The first-order valence-electron chi connectivity index (χ1n) is 15.2. The number of rotatable bonds is 8. The number of hydrogen-bond acceptors (Lipinski definition) is 8. The second-order valence-electron chi connectivity index (χ2n) is 12.5. The van der Waals surface area contributed by atoms with Crippen LogP contribution in [0.5, 0.6) is 5.88 Å². The molecular formula is C35H38N4O7S. The number of ether oxygens (including phenoxy) is 2. The number of benzene rings is 3. The summed E-state index contributed by atoms with van der Waals surface area (Å²) >= 11 is 0. The molecule has 1 amide bonds. The molecule has 0 radical (unpaired) electrons. The Balaban J connectivity index is 1.49. The molecule has 1 fully saturated rings. The lowest BCUT2D eigenvalue weighted by Crippen LogP contribution is -2.48. The van der Waals surface area contributed by atoms with Gasteiger partial charge in [-0.15, -0.1) is 0 Å². The quantitative estimate of drug-likeness (QED) is 0.209. The Labute approximate surface area is 274 Å². The Morgan fingerprint density at radius 3 is 2.26 bits per heavy atom. The Morgan fingerprint density at radius 1 is 0.915 bits per heavy atom. The number of aromatic nitrogens is 2. The van der Waals surface area contributed by atoms with Gasteiger partial charge in [-0.2, -0.15) is 4.98 Å². The maximum Gasteiger partial charge on any atom is 0.410 e. The van der Waals surface area contributed by atoms with Gasteiger partial charge in [0.2, 0.25) is 11.8 Å². The summed E-state index contributed by atoms with van der Waals surface area (Å²) in [5.74, 6) is -1.39. The van der Waals surface area contributed by atoms with Crippen molar-refractivity contribution >= 4 is 28.0 Å². The molecular weight excluding hydrogens is 620 g/mol. The lowest BCUT2D eigenvalue weighted by atomic mass is 9.94. The monoisotopic (exact) mass is 658 g/mol. The Kier molecular flexibility index (Phi) is 9.53. The van der Waals surface area contributed by atoms with Crippen molar-refractivity contribution in [2.45, 2.75) is 70.1 Å². The molecule has 3 aromatic carbocycles. The number of hydrogen-bond donors (Lipinski definition) is 2. The number of amides is 1. The van der Waals surface area contributed by atoms with Crippen LogP contribution < -0.4 is 9.46 Å². The topological polar surface area (TPSA) is 148 Å². The lowest BCUT2D eigenvalue weighted by Gasteiger charge is -2.40. The fourth-order valence-electron chi connectivity index (χ4n) is 5.60. The molecule has 2 atom stereocenters. The highest BCUT2D eigenvalue weighted by atomic mass is 32.2. The van der Waals surface area contributed by atoms with E-state index in [1.54, 1.807) is 11.0 Å². The van der Waals surface area contributed by atoms with E-state index in [1.165, 1.54) is 18.2 Å². The van der Waals surface area contributed by atoms with Gasteiger partial charge >= 0.3 is 12.1 Å². The third-order valence-electron chi connectivity index (χ3n) is 7.70. The second kappa shape index (κ2) is 13.4. The van der Waals surface area contributed by atoms with Gasteiger partial charge in [-0.3, -0.25) is 4.90 Å². The SMILES string of the molecule is Cc1cccc(C)c1-c1cc(OC2CCC(c3ccccc3)N(C(=O)OC(C)(C)C)C2)nc(NS(=O)(=O)c2cccc(C(=O)O)c2)n1. The zero-order valence-corrected chi connectivity index (χ0v) is 27.7. The summed E-state index contributed by atoms with van der Waals surface area (Å²) in [6.45, 7) is 9.51. The highest BCUT2D eigenvalue weighted by molar-refractivity contribution is 7.92. The van der Waals surface area contributed by atoms with Crippen LogP contribution >= 0.6 is 0 Å². The van der Waals surface area contributed by atoms with Crippen LogP contribution in [0.15, 0.2) is 83.8 Å². The number of piperidine rings is 1. The Morgan fingerprint density at radius 2 is 1.60 bits per heavy atom. The van der Waals surface area contributed by atoms with Crippen LogP contribution in [0.4, 0.5) is 10.7 Å². The minimum absolute atomic E-state index is 0.113. The zero-order chi connectivity index (χ0) is 33.9. The van der Waals surface area contributed by atoms with E-state index in [1.807, 2.05) is 83.1 Å². The molecule has 2 unspecified atom stereocenters. The van der Waals surface area contributed by atoms with Crippen LogP contribution in [0, 0.1) is 13.8 Å². The van der Waals surface area contributed by atoms with Crippen molar-refractivity contribution in [1.82, 2.24) is 14.9 Å². The van der Waals surface area contributed by atoms with Crippen molar-refractivity contribution in [2.75, 3.05) is 11.3 Å². The summed E-state index contributed by atoms with van der Waals surface area (Å²) in [5.41, 5.74) is 3.16. The van der Waals surface area contributed by atoms with E-state index in [0.29, 0.717) is 18.5 Å². The predicted octanol–water partition coefficient (Wildman–Crippen LogP) is 6.78. The highest BCUT2D eigenvalue weighted by Crippen LogP contribution is 2.35. The fourth-order valence-corrected chi connectivity index (χ4v) is 6.59. The smallest absolute Gasteiger partial charge is 0.410 e. The molecule has 2 N–H and O–H groups in total. The molecule has 1 aromatic heterocycles. The van der Waals surface area contributed by atoms with Gasteiger partial charge < -0.3 is 14.6 Å². The minimum atomic E-state index is -4.28. The van der Waals surface area contributed by atoms with Crippen molar-refractivity contribution in [3.05, 3.63) is 101 Å². The van der Waals surface area contributed by atoms with E-state index in [4.69, 9.17) is 9.47 Å². The number of carboxylic acid groups (broad SMARTS) is 1. The normalized spacial score (nSPS) is 16.7. The van der Waals surface area contributed by atoms with Gasteiger partial charge in [-0.1, -0.05) is 54.6 Å². The third kappa shape index (κ3) is 8.07. The Bertz CT molecular complexity index is 1870. The van der Waals surface area contributed by atoms with E-state index in [9.17, 15) is 23.1 Å². The van der Waals surface area contributed by atoms with Gasteiger partial charge in [0.05, 0.1) is 28.7 Å². The van der Waals surface area contributed by atoms with E-state index < -0.39 is 33.8 Å². The van der Waals surface area contributed by atoms with Gasteiger partial charge in [0.25, 0.3) is 10.0 Å². The number of carboxylic acids is 1. The number of aromatic carboxylic acids is 1. The first-order chi connectivity index (χ1) is 22.2. The molecule has 0 saturated carbocycles. The van der Waals surface area contributed by atoms with E-state index >= 15 is 0 Å². The van der Waals surface area contributed by atoms with Gasteiger partial charge in [0, 0.05) is 11.6 Å². The fraction of sp³-hybridized carbons (Fsp3) is 0.314. The molecule has 12 heteroatoms. The number of carbonyl (C=O) groups is 2. The number of nitrogens with zero attached hydrogens (tertiary/aromatic N) is 3. The number of anilines is 1. The van der Waals surface area contributed by atoms with Crippen LogP contribution in [0.3, 0.4) is 0 Å². The summed E-state index contributed by atoms with van der Waals surface area (Å²) in [5, 5.41) is 9.37. The van der Waals surface area contributed by atoms with Crippen LogP contribution in [0.25, 0.3) is 11.3 Å². The number of carbonyl (C=O) groups excluding carboxylic acids is 1. The number of sulfonamides is 1. The maximum atomic E-state index is 13.4. The number of aryl methyl sites for hydroxylation is 2. The average molecular weight is 659 g/mol.